The number of pyridine rings is 1. The molecule has 3 rings (SSSR count). The van der Waals surface area contributed by atoms with E-state index in [0.29, 0.717) is 27.4 Å². The van der Waals surface area contributed by atoms with Gasteiger partial charge in [0, 0.05) is 24.4 Å². The number of aromatic nitrogens is 1. The predicted molar refractivity (Wildman–Crippen MR) is 112 cm³/mol. The number of Topliss-reactive ketones (excluding diaryl/α,β-unsaturated/α-hetero) is 1. The highest BCUT2D eigenvalue weighted by Gasteiger charge is 2.20. The van der Waals surface area contributed by atoms with Crippen LogP contribution >= 0.6 is 0 Å². The van der Waals surface area contributed by atoms with Crippen LogP contribution in [0.25, 0.3) is 11.2 Å². The summed E-state index contributed by atoms with van der Waals surface area (Å²) < 4.78 is 17.8. The van der Waals surface area contributed by atoms with Crippen LogP contribution in [0.3, 0.4) is 0 Å². The largest absolute Gasteiger partial charge is 0.312 e. The molecule has 0 radical (unpaired) electrons. The van der Waals surface area contributed by atoms with Gasteiger partial charge in [-0.15, -0.1) is 0 Å². The van der Waals surface area contributed by atoms with E-state index in [1.165, 1.54) is 6.92 Å². The van der Waals surface area contributed by atoms with Crippen LogP contribution in [0, 0.1) is 0 Å². The molecule has 5 nitrogen and oxygen atoms in total. The average Bonchev–Trinajstić information content (AvgIpc) is 3.06. The third-order valence-electron chi connectivity index (χ3n) is 4.02. The molecule has 0 saturated heterocycles. The molecule has 6 heteroatoms. The standard InChI is InChI=1S/C21H19N3O2S/c1-4-9-18(22-3)17-14-19(15(2)25)24-13-8-12-20(21(17)24)27(26)23-16-10-6-5-7-11-16/h4-14,23H,1,3H2,2H3/b18-9-. The zero-order valence-corrected chi connectivity index (χ0v) is 15.7. The molecule has 0 spiro atoms. The molecular formula is C21H19N3O2S. The van der Waals surface area contributed by atoms with E-state index in [4.69, 9.17) is 0 Å². The summed E-state index contributed by atoms with van der Waals surface area (Å²) in [7, 11) is -1.54. The van der Waals surface area contributed by atoms with Crippen LogP contribution < -0.4 is 4.72 Å². The predicted octanol–water partition coefficient (Wildman–Crippen LogP) is 4.50. The summed E-state index contributed by atoms with van der Waals surface area (Å²) in [6.07, 6.45) is 5.08. The van der Waals surface area contributed by atoms with E-state index >= 15 is 0 Å². The second kappa shape index (κ2) is 7.97. The number of ketones is 1. The van der Waals surface area contributed by atoms with Crippen molar-refractivity contribution >= 4 is 40.4 Å². The van der Waals surface area contributed by atoms with Gasteiger partial charge in [-0.05, 0) is 43.1 Å². The number of carbonyl (C=O) groups excluding carboxylic acids is 1. The van der Waals surface area contributed by atoms with E-state index in [-0.39, 0.29) is 5.78 Å². The molecule has 0 amide bonds. The van der Waals surface area contributed by atoms with E-state index in [9.17, 15) is 9.00 Å². The lowest BCUT2D eigenvalue weighted by Gasteiger charge is -2.10. The average molecular weight is 377 g/mol. The lowest BCUT2D eigenvalue weighted by molar-refractivity contribution is 0.101. The summed E-state index contributed by atoms with van der Waals surface area (Å²) in [4.78, 5) is 16.7. The Balaban J connectivity index is 2.23. The first-order chi connectivity index (χ1) is 13.1. The van der Waals surface area contributed by atoms with Gasteiger partial charge in [-0.25, -0.2) is 4.21 Å². The van der Waals surface area contributed by atoms with Crippen molar-refractivity contribution in [1.29, 1.82) is 0 Å². The highest BCUT2D eigenvalue weighted by atomic mass is 32.2. The third kappa shape index (κ3) is 3.66. The number of anilines is 1. The first kappa shape index (κ1) is 18.5. The minimum Gasteiger partial charge on any atom is -0.312 e. The Labute approximate surface area is 160 Å². The summed E-state index contributed by atoms with van der Waals surface area (Å²) in [5, 5.41) is 0. The number of para-hydroxylation sites is 1. The maximum absolute atomic E-state index is 13.0. The highest BCUT2D eigenvalue weighted by Crippen LogP contribution is 2.30. The van der Waals surface area contributed by atoms with Crippen molar-refractivity contribution in [2.45, 2.75) is 11.8 Å². The zero-order chi connectivity index (χ0) is 19.4. The lowest BCUT2D eigenvalue weighted by Crippen LogP contribution is -2.07. The molecule has 1 N–H and O–H groups in total. The Morgan fingerprint density at radius 2 is 1.96 bits per heavy atom. The molecule has 0 saturated carbocycles. The van der Waals surface area contributed by atoms with Crippen molar-refractivity contribution < 1.29 is 9.00 Å². The van der Waals surface area contributed by atoms with Gasteiger partial charge in [-0.2, -0.15) is 0 Å². The molecule has 2 heterocycles. The van der Waals surface area contributed by atoms with Gasteiger partial charge in [0.05, 0.1) is 21.8 Å². The molecular weight excluding hydrogens is 358 g/mol. The maximum atomic E-state index is 13.0. The van der Waals surface area contributed by atoms with Crippen molar-refractivity contribution in [2.24, 2.45) is 4.99 Å². The van der Waals surface area contributed by atoms with Crippen molar-refractivity contribution in [3.05, 3.63) is 84.7 Å². The van der Waals surface area contributed by atoms with E-state index < -0.39 is 11.0 Å². The topological polar surface area (TPSA) is 62.9 Å². The molecule has 1 aromatic carbocycles. The van der Waals surface area contributed by atoms with Gasteiger partial charge < -0.3 is 9.12 Å². The van der Waals surface area contributed by atoms with Gasteiger partial charge in [0.15, 0.2) is 16.8 Å². The Bertz CT molecular complexity index is 1080. The molecule has 2 aromatic heterocycles. The highest BCUT2D eigenvalue weighted by molar-refractivity contribution is 7.86. The van der Waals surface area contributed by atoms with E-state index in [2.05, 4.69) is 23.0 Å². The van der Waals surface area contributed by atoms with Crippen molar-refractivity contribution in [3.8, 4) is 0 Å². The number of nitrogens with zero attached hydrogens (tertiary/aromatic N) is 2. The van der Waals surface area contributed by atoms with Crippen LogP contribution in [0.15, 0.2) is 83.3 Å². The maximum Gasteiger partial charge on any atom is 0.176 e. The van der Waals surface area contributed by atoms with Gasteiger partial charge in [0.1, 0.15) is 0 Å². The summed E-state index contributed by atoms with van der Waals surface area (Å²) in [5.41, 5.74) is 3.09. The van der Waals surface area contributed by atoms with Gasteiger partial charge in [0.2, 0.25) is 0 Å². The van der Waals surface area contributed by atoms with E-state index in [1.54, 1.807) is 40.9 Å². The molecule has 1 atom stereocenters. The Morgan fingerprint density at radius 1 is 1.22 bits per heavy atom. The number of benzene rings is 1. The summed E-state index contributed by atoms with van der Waals surface area (Å²) in [5.74, 6) is -0.0998. The molecule has 3 aromatic rings. The molecule has 1 unspecified atom stereocenters. The lowest BCUT2D eigenvalue weighted by atomic mass is 10.1. The molecule has 0 bridgehead atoms. The van der Waals surface area contributed by atoms with Gasteiger partial charge in [-0.1, -0.05) is 30.9 Å². The Kier molecular flexibility index (Phi) is 5.47. The molecule has 136 valence electrons. The van der Waals surface area contributed by atoms with Crippen LogP contribution in [0.5, 0.6) is 0 Å². The number of nitrogens with one attached hydrogen (secondary N) is 1. The second-order valence-electron chi connectivity index (χ2n) is 5.77. The molecule has 0 aliphatic carbocycles. The SMILES string of the molecule is C=C/C=C(\N=C)c1cc(C(C)=O)n2cccc(S(=O)Nc3ccccc3)c12. The van der Waals surface area contributed by atoms with Crippen LogP contribution in [0.2, 0.25) is 0 Å². The normalized spacial score (nSPS) is 12.6. The van der Waals surface area contributed by atoms with Crippen molar-refractivity contribution in [1.82, 2.24) is 4.40 Å². The van der Waals surface area contributed by atoms with E-state index in [1.807, 2.05) is 30.3 Å². The Hall–Kier alpha value is -3.25. The summed E-state index contributed by atoms with van der Waals surface area (Å²) in [6.45, 7) is 8.80. The number of allylic oxidation sites excluding steroid dienone is 2. The third-order valence-corrected chi connectivity index (χ3v) is 5.17. The first-order valence-electron chi connectivity index (χ1n) is 8.25. The summed E-state index contributed by atoms with van der Waals surface area (Å²) in [6, 6.07) is 14.6. The smallest absolute Gasteiger partial charge is 0.176 e. The zero-order valence-electron chi connectivity index (χ0n) is 14.9. The van der Waals surface area contributed by atoms with Crippen LogP contribution in [0.1, 0.15) is 23.0 Å². The number of hydrogen-bond acceptors (Lipinski definition) is 3. The van der Waals surface area contributed by atoms with Crippen molar-refractivity contribution in [2.75, 3.05) is 4.72 Å². The fraction of sp³-hybridized carbons (Fsp3) is 0.0476. The number of aliphatic imine (C=N–C) groups is 1. The van der Waals surface area contributed by atoms with Gasteiger partial charge in [-0.3, -0.25) is 9.79 Å². The van der Waals surface area contributed by atoms with Crippen LogP contribution in [-0.2, 0) is 11.0 Å². The first-order valence-corrected chi connectivity index (χ1v) is 9.40. The molecule has 27 heavy (non-hydrogen) atoms. The van der Waals surface area contributed by atoms with E-state index in [0.717, 1.165) is 5.69 Å². The minimum atomic E-state index is -1.54. The van der Waals surface area contributed by atoms with Gasteiger partial charge >= 0.3 is 0 Å². The molecule has 0 aliphatic rings. The van der Waals surface area contributed by atoms with Crippen LogP contribution in [0.4, 0.5) is 5.69 Å². The number of fused-ring (bicyclic) bond motifs is 1. The fourth-order valence-electron chi connectivity index (χ4n) is 2.85. The quantitative estimate of drug-likeness (QED) is 0.374. The fourth-order valence-corrected chi connectivity index (χ4v) is 3.90. The summed E-state index contributed by atoms with van der Waals surface area (Å²) >= 11 is 0. The van der Waals surface area contributed by atoms with Gasteiger partial charge in [0.25, 0.3) is 0 Å². The monoisotopic (exact) mass is 377 g/mol. The van der Waals surface area contributed by atoms with Crippen LogP contribution in [-0.4, -0.2) is 21.1 Å². The van der Waals surface area contributed by atoms with Crippen molar-refractivity contribution in [3.63, 3.8) is 0 Å². The molecule has 0 fully saturated rings. The number of carbonyl (C=O) groups is 1. The number of hydrogen-bond donors (Lipinski definition) is 1. The minimum absolute atomic E-state index is 0.0998. The molecule has 0 aliphatic heterocycles. The second-order valence-corrected chi connectivity index (χ2v) is 6.95. The number of rotatable bonds is 7. The Morgan fingerprint density at radius 3 is 2.59 bits per heavy atom.